The maximum absolute atomic E-state index is 12.8. The number of para-hydroxylation sites is 3. The van der Waals surface area contributed by atoms with E-state index >= 15 is 0 Å². The summed E-state index contributed by atoms with van der Waals surface area (Å²) in [7, 11) is 2.98. The standard InChI is InChI=1S/C26H23N3O6/c1-33-21-11-7-6-10-20(21)27-24(30)16-35-22-13-12-17(15-23(22)34-2)14-19-25(31)28-29(26(19)32)18-8-4-3-5-9-18/h3-15H,16H2,1-2H3,(H,27,30)(H,28,31). The van der Waals surface area contributed by atoms with Crippen LogP contribution in [0, 0.1) is 0 Å². The molecule has 1 heterocycles. The largest absolute Gasteiger partial charge is 0.495 e. The Kier molecular flexibility index (Phi) is 6.96. The molecular weight excluding hydrogens is 450 g/mol. The van der Waals surface area contributed by atoms with Gasteiger partial charge in [0.2, 0.25) is 0 Å². The quantitative estimate of drug-likeness (QED) is 0.385. The molecule has 0 saturated carbocycles. The highest BCUT2D eigenvalue weighted by atomic mass is 16.5. The van der Waals surface area contributed by atoms with Crippen LogP contribution in [0.1, 0.15) is 5.56 Å². The number of carbonyl (C=O) groups excluding carboxylic acids is 3. The number of benzene rings is 3. The second-order valence-corrected chi connectivity index (χ2v) is 7.42. The number of hydrogen-bond acceptors (Lipinski definition) is 6. The van der Waals surface area contributed by atoms with Gasteiger partial charge in [0, 0.05) is 0 Å². The molecule has 1 aliphatic rings. The molecule has 0 radical (unpaired) electrons. The van der Waals surface area contributed by atoms with Crippen LogP contribution < -0.4 is 30.0 Å². The molecule has 0 unspecified atom stereocenters. The molecule has 4 rings (SSSR count). The smallest absolute Gasteiger partial charge is 0.282 e. The summed E-state index contributed by atoms with van der Waals surface area (Å²) in [6.45, 7) is -0.262. The minimum atomic E-state index is -0.508. The van der Waals surface area contributed by atoms with E-state index in [0.29, 0.717) is 34.2 Å². The molecule has 1 saturated heterocycles. The number of nitrogens with zero attached hydrogens (tertiary/aromatic N) is 1. The van der Waals surface area contributed by atoms with Crippen LogP contribution in [0.4, 0.5) is 11.4 Å². The van der Waals surface area contributed by atoms with Crippen molar-refractivity contribution in [2.75, 3.05) is 31.2 Å². The number of hydrogen-bond donors (Lipinski definition) is 2. The topological polar surface area (TPSA) is 106 Å². The number of amides is 3. The second kappa shape index (κ2) is 10.4. The normalized spacial score (nSPS) is 14.0. The molecule has 3 amide bonds. The van der Waals surface area contributed by atoms with Gasteiger partial charge in [0.25, 0.3) is 17.7 Å². The van der Waals surface area contributed by atoms with Gasteiger partial charge in [-0.15, -0.1) is 0 Å². The maximum Gasteiger partial charge on any atom is 0.282 e. The number of rotatable bonds is 8. The average Bonchev–Trinajstić information content (AvgIpc) is 3.17. The van der Waals surface area contributed by atoms with E-state index in [2.05, 4.69) is 10.7 Å². The fraction of sp³-hybridized carbons (Fsp3) is 0.115. The SMILES string of the molecule is COc1ccccc1NC(=O)COc1ccc(C=C2C(=O)NN(c3ccccc3)C2=O)cc1OC. The third kappa shape index (κ3) is 5.25. The Morgan fingerprint density at radius 2 is 1.63 bits per heavy atom. The third-order valence-electron chi connectivity index (χ3n) is 5.14. The summed E-state index contributed by atoms with van der Waals surface area (Å²) in [6.07, 6.45) is 1.47. The van der Waals surface area contributed by atoms with Crippen molar-refractivity contribution in [3.05, 3.63) is 83.9 Å². The predicted molar refractivity (Wildman–Crippen MR) is 130 cm³/mol. The average molecular weight is 473 g/mol. The number of hydrazine groups is 1. The molecule has 9 nitrogen and oxygen atoms in total. The number of ether oxygens (including phenoxy) is 3. The van der Waals surface area contributed by atoms with Crippen LogP contribution in [0.25, 0.3) is 6.08 Å². The van der Waals surface area contributed by atoms with Gasteiger partial charge >= 0.3 is 0 Å². The number of carbonyl (C=O) groups is 3. The Bertz CT molecular complexity index is 1290. The molecule has 3 aromatic rings. The molecule has 2 N–H and O–H groups in total. The van der Waals surface area contributed by atoms with Crippen LogP contribution in [0.3, 0.4) is 0 Å². The Balaban J connectivity index is 1.45. The molecule has 1 aliphatic heterocycles. The van der Waals surface area contributed by atoms with Gasteiger partial charge in [-0.2, -0.15) is 0 Å². The molecule has 0 bridgehead atoms. The summed E-state index contributed by atoms with van der Waals surface area (Å²) >= 11 is 0. The first-order chi connectivity index (χ1) is 17.0. The monoisotopic (exact) mass is 473 g/mol. The van der Waals surface area contributed by atoms with Crippen LogP contribution in [0.15, 0.2) is 78.4 Å². The molecule has 0 spiro atoms. The van der Waals surface area contributed by atoms with Crippen LogP contribution in [-0.4, -0.2) is 38.5 Å². The first kappa shape index (κ1) is 23.4. The van der Waals surface area contributed by atoms with Crippen molar-refractivity contribution in [2.24, 2.45) is 0 Å². The Labute approximate surface area is 201 Å². The lowest BCUT2D eigenvalue weighted by atomic mass is 10.1. The lowest BCUT2D eigenvalue weighted by Crippen LogP contribution is -2.35. The van der Waals surface area contributed by atoms with Crippen molar-refractivity contribution in [2.45, 2.75) is 0 Å². The van der Waals surface area contributed by atoms with Crippen LogP contribution >= 0.6 is 0 Å². The Morgan fingerprint density at radius 3 is 2.37 bits per heavy atom. The van der Waals surface area contributed by atoms with Gasteiger partial charge in [-0.3, -0.25) is 19.8 Å². The summed E-state index contributed by atoms with van der Waals surface area (Å²) in [5, 5.41) is 3.93. The van der Waals surface area contributed by atoms with E-state index < -0.39 is 11.8 Å². The van der Waals surface area contributed by atoms with Crippen molar-refractivity contribution in [3.63, 3.8) is 0 Å². The minimum Gasteiger partial charge on any atom is -0.495 e. The molecule has 1 fully saturated rings. The van der Waals surface area contributed by atoms with Gasteiger partial charge < -0.3 is 19.5 Å². The van der Waals surface area contributed by atoms with E-state index in [9.17, 15) is 14.4 Å². The van der Waals surface area contributed by atoms with E-state index in [-0.39, 0.29) is 18.1 Å². The fourth-order valence-electron chi connectivity index (χ4n) is 3.45. The van der Waals surface area contributed by atoms with Crippen molar-refractivity contribution < 1.29 is 28.6 Å². The van der Waals surface area contributed by atoms with Gasteiger partial charge in [0.05, 0.1) is 25.6 Å². The molecule has 0 aliphatic carbocycles. The van der Waals surface area contributed by atoms with Gasteiger partial charge in [0.15, 0.2) is 18.1 Å². The number of nitrogens with one attached hydrogen (secondary N) is 2. The molecule has 178 valence electrons. The van der Waals surface area contributed by atoms with E-state index in [1.807, 2.05) is 6.07 Å². The lowest BCUT2D eigenvalue weighted by Gasteiger charge is -2.14. The molecular formula is C26H23N3O6. The maximum atomic E-state index is 12.8. The van der Waals surface area contributed by atoms with Crippen LogP contribution in [0.2, 0.25) is 0 Å². The van der Waals surface area contributed by atoms with Crippen LogP contribution in [-0.2, 0) is 14.4 Å². The van der Waals surface area contributed by atoms with Gasteiger partial charge in [-0.25, -0.2) is 5.01 Å². The zero-order valence-corrected chi connectivity index (χ0v) is 19.1. The first-order valence-corrected chi connectivity index (χ1v) is 10.7. The highest BCUT2D eigenvalue weighted by Crippen LogP contribution is 2.30. The highest BCUT2D eigenvalue weighted by molar-refractivity contribution is 6.31. The third-order valence-corrected chi connectivity index (χ3v) is 5.14. The highest BCUT2D eigenvalue weighted by Gasteiger charge is 2.34. The molecule has 3 aromatic carbocycles. The molecule has 9 heteroatoms. The minimum absolute atomic E-state index is 0.0132. The van der Waals surface area contributed by atoms with Crippen molar-refractivity contribution >= 4 is 35.2 Å². The zero-order valence-electron chi connectivity index (χ0n) is 19.1. The van der Waals surface area contributed by atoms with E-state index in [0.717, 1.165) is 0 Å². The summed E-state index contributed by atoms with van der Waals surface area (Å²) in [6, 6.07) is 20.7. The van der Waals surface area contributed by atoms with Crippen molar-refractivity contribution in [1.82, 2.24) is 5.43 Å². The Morgan fingerprint density at radius 1 is 0.914 bits per heavy atom. The fourth-order valence-corrected chi connectivity index (χ4v) is 3.45. The van der Waals surface area contributed by atoms with E-state index in [4.69, 9.17) is 14.2 Å². The number of anilines is 2. The van der Waals surface area contributed by atoms with Crippen molar-refractivity contribution in [1.29, 1.82) is 0 Å². The number of methoxy groups -OCH3 is 2. The van der Waals surface area contributed by atoms with Crippen molar-refractivity contribution in [3.8, 4) is 17.2 Å². The summed E-state index contributed by atoms with van der Waals surface area (Å²) in [5.74, 6) is -0.142. The van der Waals surface area contributed by atoms with Gasteiger partial charge in [-0.1, -0.05) is 36.4 Å². The Hall–Kier alpha value is -4.79. The molecule has 0 aromatic heterocycles. The molecule has 35 heavy (non-hydrogen) atoms. The van der Waals surface area contributed by atoms with Crippen LogP contribution in [0.5, 0.6) is 17.2 Å². The van der Waals surface area contributed by atoms with Gasteiger partial charge in [0.1, 0.15) is 11.3 Å². The summed E-state index contributed by atoms with van der Waals surface area (Å²) < 4.78 is 16.2. The predicted octanol–water partition coefficient (Wildman–Crippen LogP) is 3.18. The second-order valence-electron chi connectivity index (χ2n) is 7.42. The first-order valence-electron chi connectivity index (χ1n) is 10.7. The van der Waals surface area contributed by atoms with E-state index in [1.165, 1.54) is 25.3 Å². The lowest BCUT2D eigenvalue weighted by molar-refractivity contribution is -0.118. The zero-order chi connectivity index (χ0) is 24.8. The molecule has 0 atom stereocenters. The summed E-state index contributed by atoms with van der Waals surface area (Å²) in [5.41, 5.74) is 4.19. The van der Waals surface area contributed by atoms with Gasteiger partial charge in [-0.05, 0) is 48.0 Å². The van der Waals surface area contributed by atoms with E-state index in [1.54, 1.807) is 66.7 Å². The summed E-state index contributed by atoms with van der Waals surface area (Å²) in [4.78, 5) is 37.5.